The number of aliphatic hydroxyl groups is 1. The maximum Gasteiger partial charge on any atom is 0.139 e. The second-order valence-electron chi connectivity index (χ2n) is 7.36. The summed E-state index contributed by atoms with van der Waals surface area (Å²) in [6.45, 7) is 5.52. The van der Waals surface area contributed by atoms with Crippen molar-refractivity contribution in [1.29, 1.82) is 0 Å². The van der Waals surface area contributed by atoms with Gasteiger partial charge in [0.25, 0.3) is 0 Å². The van der Waals surface area contributed by atoms with E-state index < -0.39 is 6.10 Å². The number of aryl methyl sites for hydroxylation is 2. The minimum atomic E-state index is -0.636. The molecule has 1 aliphatic heterocycles. The Labute approximate surface area is 159 Å². The van der Waals surface area contributed by atoms with Crippen molar-refractivity contribution in [1.82, 2.24) is 9.55 Å². The zero-order valence-corrected chi connectivity index (χ0v) is 15.9. The van der Waals surface area contributed by atoms with Crippen LogP contribution in [0, 0.1) is 13.8 Å². The van der Waals surface area contributed by atoms with Gasteiger partial charge in [0.2, 0.25) is 0 Å². The lowest BCUT2D eigenvalue weighted by Crippen LogP contribution is -2.25. The highest BCUT2D eigenvalue weighted by atomic mass is 16.5. The highest BCUT2D eigenvalue weighted by Gasteiger charge is 2.25. The topological polar surface area (TPSA) is 56.5 Å². The van der Waals surface area contributed by atoms with Crippen molar-refractivity contribution < 1.29 is 14.6 Å². The van der Waals surface area contributed by atoms with Gasteiger partial charge in [-0.1, -0.05) is 18.2 Å². The molecule has 0 spiro atoms. The molecule has 1 saturated heterocycles. The van der Waals surface area contributed by atoms with Crippen LogP contribution in [0.2, 0.25) is 0 Å². The molecule has 1 N–H and O–H groups in total. The van der Waals surface area contributed by atoms with E-state index in [-0.39, 0.29) is 12.7 Å². The van der Waals surface area contributed by atoms with Crippen molar-refractivity contribution in [3.63, 3.8) is 0 Å². The number of imidazole rings is 1. The predicted molar refractivity (Wildman–Crippen MR) is 105 cm³/mol. The fourth-order valence-electron chi connectivity index (χ4n) is 3.79. The van der Waals surface area contributed by atoms with Crippen molar-refractivity contribution >= 4 is 11.0 Å². The first-order chi connectivity index (χ1) is 13.1. The van der Waals surface area contributed by atoms with Crippen molar-refractivity contribution in [3.8, 4) is 5.75 Å². The van der Waals surface area contributed by atoms with Crippen molar-refractivity contribution in [2.24, 2.45) is 0 Å². The van der Waals surface area contributed by atoms with E-state index in [0.29, 0.717) is 6.54 Å². The fourth-order valence-corrected chi connectivity index (χ4v) is 3.79. The van der Waals surface area contributed by atoms with Crippen LogP contribution in [0.1, 0.15) is 35.9 Å². The second-order valence-corrected chi connectivity index (χ2v) is 7.36. The first kappa shape index (κ1) is 18.0. The SMILES string of the molecule is Cc1cc(C)cc(OCC(O)Cn2c(C3CCCO3)nc3ccccc32)c1. The van der Waals surface area contributed by atoms with E-state index in [1.54, 1.807) is 0 Å². The van der Waals surface area contributed by atoms with Crippen LogP contribution < -0.4 is 4.74 Å². The van der Waals surface area contributed by atoms with E-state index in [0.717, 1.165) is 53.2 Å². The van der Waals surface area contributed by atoms with Gasteiger partial charge in [-0.3, -0.25) is 0 Å². The second kappa shape index (κ2) is 7.71. The summed E-state index contributed by atoms with van der Waals surface area (Å²) in [6, 6.07) is 14.1. The summed E-state index contributed by atoms with van der Waals surface area (Å²) in [5, 5.41) is 10.6. The Morgan fingerprint density at radius 1 is 1.22 bits per heavy atom. The van der Waals surface area contributed by atoms with E-state index in [1.165, 1.54) is 0 Å². The van der Waals surface area contributed by atoms with Crippen molar-refractivity contribution in [3.05, 3.63) is 59.4 Å². The zero-order valence-electron chi connectivity index (χ0n) is 15.9. The van der Waals surface area contributed by atoms with Crippen molar-refractivity contribution in [2.75, 3.05) is 13.2 Å². The monoisotopic (exact) mass is 366 g/mol. The summed E-state index contributed by atoms with van der Waals surface area (Å²) in [5.74, 6) is 1.69. The molecule has 3 aromatic rings. The lowest BCUT2D eigenvalue weighted by atomic mass is 10.1. The van der Waals surface area contributed by atoms with Gasteiger partial charge in [-0.05, 0) is 62.1 Å². The van der Waals surface area contributed by atoms with Crippen LogP contribution >= 0.6 is 0 Å². The molecule has 0 bridgehead atoms. The van der Waals surface area contributed by atoms with Gasteiger partial charge in [-0.25, -0.2) is 4.98 Å². The van der Waals surface area contributed by atoms with Gasteiger partial charge in [-0.2, -0.15) is 0 Å². The molecule has 142 valence electrons. The molecule has 2 aromatic carbocycles. The summed E-state index contributed by atoms with van der Waals surface area (Å²) < 4.78 is 13.8. The Morgan fingerprint density at radius 3 is 2.74 bits per heavy atom. The van der Waals surface area contributed by atoms with Crippen LogP contribution in [0.4, 0.5) is 0 Å². The molecule has 1 aliphatic rings. The highest BCUT2D eigenvalue weighted by molar-refractivity contribution is 5.76. The standard InChI is InChI=1S/C22H26N2O3/c1-15-10-16(2)12-18(11-15)27-14-17(25)13-24-20-7-4-3-6-19(20)23-22(24)21-8-5-9-26-21/h3-4,6-7,10-12,17,21,25H,5,8-9,13-14H2,1-2H3. The van der Waals surface area contributed by atoms with Gasteiger partial charge < -0.3 is 19.1 Å². The summed E-state index contributed by atoms with van der Waals surface area (Å²) >= 11 is 0. The van der Waals surface area contributed by atoms with E-state index in [2.05, 4.69) is 10.6 Å². The predicted octanol–water partition coefficient (Wildman–Crippen LogP) is 3.94. The first-order valence-electron chi connectivity index (χ1n) is 9.56. The molecule has 2 atom stereocenters. The molecule has 2 unspecified atom stereocenters. The van der Waals surface area contributed by atoms with Gasteiger partial charge in [0, 0.05) is 6.61 Å². The number of para-hydroxylation sites is 2. The molecule has 27 heavy (non-hydrogen) atoms. The van der Waals surface area contributed by atoms with Gasteiger partial charge >= 0.3 is 0 Å². The van der Waals surface area contributed by atoms with Crippen LogP contribution in [-0.2, 0) is 11.3 Å². The quantitative estimate of drug-likeness (QED) is 0.718. The number of aliphatic hydroxyl groups excluding tert-OH is 1. The molecule has 0 aliphatic carbocycles. The van der Waals surface area contributed by atoms with Crippen LogP contribution in [0.15, 0.2) is 42.5 Å². The summed E-state index contributed by atoms with van der Waals surface area (Å²) in [5.41, 5.74) is 4.26. The van der Waals surface area contributed by atoms with Crippen LogP contribution in [0.5, 0.6) is 5.75 Å². The molecule has 0 saturated carbocycles. The number of hydrogen-bond donors (Lipinski definition) is 1. The number of nitrogens with zero attached hydrogens (tertiary/aromatic N) is 2. The normalized spacial score (nSPS) is 18.1. The maximum absolute atomic E-state index is 10.6. The Hall–Kier alpha value is -2.37. The first-order valence-corrected chi connectivity index (χ1v) is 9.56. The van der Waals surface area contributed by atoms with Crippen LogP contribution in [0.3, 0.4) is 0 Å². The van der Waals surface area contributed by atoms with Crippen molar-refractivity contribution in [2.45, 2.75) is 45.4 Å². The molecule has 0 radical (unpaired) electrons. The Morgan fingerprint density at radius 2 is 2.00 bits per heavy atom. The Bertz CT molecular complexity index is 908. The fraction of sp³-hybridized carbons (Fsp3) is 0.409. The molecule has 1 fully saturated rings. The minimum Gasteiger partial charge on any atom is -0.491 e. The third kappa shape index (κ3) is 3.99. The van der Waals surface area contributed by atoms with Gasteiger partial charge in [0.05, 0.1) is 17.6 Å². The van der Waals surface area contributed by atoms with Gasteiger partial charge in [0.15, 0.2) is 0 Å². The third-order valence-electron chi connectivity index (χ3n) is 4.93. The van der Waals surface area contributed by atoms with E-state index in [4.69, 9.17) is 14.5 Å². The maximum atomic E-state index is 10.6. The molecule has 1 aromatic heterocycles. The average Bonchev–Trinajstić information content (AvgIpc) is 3.27. The highest BCUT2D eigenvalue weighted by Crippen LogP contribution is 2.30. The number of aromatic nitrogens is 2. The lowest BCUT2D eigenvalue weighted by molar-refractivity contribution is 0.0805. The number of rotatable bonds is 6. The Balaban J connectivity index is 1.52. The van der Waals surface area contributed by atoms with Gasteiger partial charge in [-0.15, -0.1) is 0 Å². The molecule has 5 heteroatoms. The largest absolute Gasteiger partial charge is 0.491 e. The minimum absolute atomic E-state index is 0.00457. The van der Waals surface area contributed by atoms with E-state index in [9.17, 15) is 5.11 Å². The average molecular weight is 366 g/mol. The summed E-state index contributed by atoms with van der Waals surface area (Å²) in [7, 11) is 0. The molecular formula is C22H26N2O3. The van der Waals surface area contributed by atoms with Crippen LogP contribution in [-0.4, -0.2) is 34.0 Å². The Kier molecular flexibility index (Phi) is 5.14. The number of fused-ring (bicyclic) bond motifs is 1. The van der Waals surface area contributed by atoms with E-state index >= 15 is 0 Å². The molecule has 0 amide bonds. The molecule has 2 heterocycles. The molecule has 4 rings (SSSR count). The lowest BCUT2D eigenvalue weighted by Gasteiger charge is -2.18. The third-order valence-corrected chi connectivity index (χ3v) is 4.93. The number of hydrogen-bond acceptors (Lipinski definition) is 4. The molecular weight excluding hydrogens is 340 g/mol. The number of ether oxygens (including phenoxy) is 2. The summed E-state index contributed by atoms with van der Waals surface area (Å²) in [6.07, 6.45) is 1.39. The smallest absolute Gasteiger partial charge is 0.139 e. The molecule has 5 nitrogen and oxygen atoms in total. The number of benzene rings is 2. The van der Waals surface area contributed by atoms with E-state index in [1.807, 2.05) is 50.2 Å². The zero-order chi connectivity index (χ0) is 18.8. The van der Waals surface area contributed by atoms with Gasteiger partial charge in [0.1, 0.15) is 30.4 Å². The summed E-state index contributed by atoms with van der Waals surface area (Å²) in [4.78, 5) is 4.78. The van der Waals surface area contributed by atoms with Crippen LogP contribution in [0.25, 0.3) is 11.0 Å².